The van der Waals surface area contributed by atoms with E-state index in [-0.39, 0.29) is 5.91 Å². The standard InChI is InChI=1S/C22H28ClN5O/c1-5-6-12-27-21(23)20(16(3)26-27)22(29)24-13-19-15(2)25-28(17(19)4)14-18-10-8-7-9-11-18/h7-11H,5-6,12-14H2,1-4H3,(H,24,29). The summed E-state index contributed by atoms with van der Waals surface area (Å²) in [5, 5.41) is 12.5. The Labute approximate surface area is 176 Å². The van der Waals surface area contributed by atoms with Crippen LogP contribution < -0.4 is 5.32 Å². The zero-order valence-electron chi connectivity index (χ0n) is 17.5. The number of amides is 1. The molecule has 0 unspecified atom stereocenters. The third kappa shape index (κ3) is 4.70. The van der Waals surface area contributed by atoms with Crippen LogP contribution in [0.3, 0.4) is 0 Å². The summed E-state index contributed by atoms with van der Waals surface area (Å²) in [6.45, 7) is 9.76. The second-order valence-corrected chi connectivity index (χ2v) is 7.66. The van der Waals surface area contributed by atoms with Crippen LogP contribution in [0.25, 0.3) is 0 Å². The van der Waals surface area contributed by atoms with E-state index < -0.39 is 0 Å². The van der Waals surface area contributed by atoms with E-state index in [2.05, 4.69) is 34.6 Å². The second kappa shape index (κ2) is 9.27. The number of halogens is 1. The molecule has 0 bridgehead atoms. The summed E-state index contributed by atoms with van der Waals surface area (Å²) in [4.78, 5) is 12.8. The van der Waals surface area contributed by atoms with E-state index in [0.717, 1.165) is 29.8 Å². The number of nitrogens with zero attached hydrogens (tertiary/aromatic N) is 4. The van der Waals surface area contributed by atoms with Gasteiger partial charge in [-0.2, -0.15) is 10.2 Å². The van der Waals surface area contributed by atoms with Gasteiger partial charge in [-0.25, -0.2) is 0 Å². The summed E-state index contributed by atoms with van der Waals surface area (Å²) >= 11 is 6.42. The van der Waals surface area contributed by atoms with Gasteiger partial charge in [-0.05, 0) is 32.8 Å². The monoisotopic (exact) mass is 413 g/mol. The van der Waals surface area contributed by atoms with Crippen molar-refractivity contribution < 1.29 is 4.79 Å². The zero-order chi connectivity index (χ0) is 21.0. The van der Waals surface area contributed by atoms with Gasteiger partial charge in [0.25, 0.3) is 5.91 Å². The maximum absolute atomic E-state index is 12.8. The van der Waals surface area contributed by atoms with Crippen LogP contribution in [0.5, 0.6) is 0 Å². The second-order valence-electron chi connectivity index (χ2n) is 7.30. The average molecular weight is 414 g/mol. The van der Waals surface area contributed by atoms with E-state index in [1.165, 1.54) is 5.56 Å². The van der Waals surface area contributed by atoms with Crippen molar-refractivity contribution >= 4 is 17.5 Å². The summed E-state index contributed by atoms with van der Waals surface area (Å²) in [5.41, 5.74) is 5.29. The fourth-order valence-electron chi connectivity index (χ4n) is 3.42. The van der Waals surface area contributed by atoms with Gasteiger partial charge in [0.2, 0.25) is 0 Å². The lowest BCUT2D eigenvalue weighted by Crippen LogP contribution is -2.24. The zero-order valence-corrected chi connectivity index (χ0v) is 18.3. The predicted octanol–water partition coefficient (Wildman–Crippen LogP) is 4.44. The highest BCUT2D eigenvalue weighted by Gasteiger charge is 2.21. The molecule has 0 atom stereocenters. The number of carbonyl (C=O) groups is 1. The fraction of sp³-hybridized carbons (Fsp3) is 0.409. The Morgan fingerprint density at radius 2 is 1.76 bits per heavy atom. The lowest BCUT2D eigenvalue weighted by Gasteiger charge is -2.08. The van der Waals surface area contributed by atoms with Crippen molar-refractivity contribution in [2.75, 3.05) is 0 Å². The van der Waals surface area contributed by atoms with Gasteiger partial charge in [-0.1, -0.05) is 55.3 Å². The van der Waals surface area contributed by atoms with Crippen molar-refractivity contribution in [3.8, 4) is 0 Å². The van der Waals surface area contributed by atoms with Crippen LogP contribution in [-0.2, 0) is 19.6 Å². The number of hydrogen-bond acceptors (Lipinski definition) is 3. The predicted molar refractivity (Wildman–Crippen MR) is 115 cm³/mol. The minimum absolute atomic E-state index is 0.204. The molecule has 0 radical (unpaired) electrons. The van der Waals surface area contributed by atoms with Gasteiger partial charge in [-0.3, -0.25) is 14.2 Å². The molecular formula is C22H28ClN5O. The van der Waals surface area contributed by atoms with Gasteiger partial charge in [0.1, 0.15) is 5.15 Å². The largest absolute Gasteiger partial charge is 0.348 e. The first kappa shape index (κ1) is 21.1. The molecule has 3 aromatic rings. The van der Waals surface area contributed by atoms with Crippen molar-refractivity contribution in [3.05, 3.63) is 69.3 Å². The minimum atomic E-state index is -0.204. The van der Waals surface area contributed by atoms with Crippen LogP contribution in [-0.4, -0.2) is 25.5 Å². The molecule has 3 rings (SSSR count). The molecule has 2 aromatic heterocycles. The Kier molecular flexibility index (Phi) is 6.75. The number of aryl methyl sites for hydroxylation is 3. The van der Waals surface area contributed by atoms with E-state index in [1.54, 1.807) is 4.68 Å². The molecule has 1 aromatic carbocycles. The first-order valence-electron chi connectivity index (χ1n) is 10.00. The van der Waals surface area contributed by atoms with Crippen LogP contribution in [0.4, 0.5) is 0 Å². The molecule has 1 amide bonds. The Hall–Kier alpha value is -2.60. The SMILES string of the molecule is CCCCn1nc(C)c(C(=O)NCc2c(C)nn(Cc3ccccc3)c2C)c1Cl. The maximum atomic E-state index is 12.8. The average Bonchev–Trinajstić information content (AvgIpc) is 3.13. The minimum Gasteiger partial charge on any atom is -0.348 e. The highest BCUT2D eigenvalue weighted by molar-refractivity contribution is 6.33. The molecule has 0 fully saturated rings. The van der Waals surface area contributed by atoms with Crippen molar-refractivity contribution in [2.45, 2.75) is 60.2 Å². The molecule has 0 aliphatic heterocycles. The Balaban J connectivity index is 1.72. The van der Waals surface area contributed by atoms with Crippen LogP contribution in [0.2, 0.25) is 5.15 Å². The lowest BCUT2D eigenvalue weighted by molar-refractivity contribution is 0.0950. The number of aromatic nitrogens is 4. The van der Waals surface area contributed by atoms with Crippen molar-refractivity contribution in [1.29, 1.82) is 0 Å². The highest BCUT2D eigenvalue weighted by Crippen LogP contribution is 2.21. The van der Waals surface area contributed by atoms with Crippen molar-refractivity contribution in [3.63, 3.8) is 0 Å². The number of benzene rings is 1. The van der Waals surface area contributed by atoms with Gasteiger partial charge in [0.05, 0.1) is 23.5 Å². The molecule has 1 N–H and O–H groups in total. The van der Waals surface area contributed by atoms with E-state index in [1.807, 2.05) is 43.7 Å². The smallest absolute Gasteiger partial charge is 0.256 e. The molecule has 0 aliphatic carbocycles. The van der Waals surface area contributed by atoms with Gasteiger partial charge in [0.15, 0.2) is 0 Å². The molecule has 0 aliphatic rings. The van der Waals surface area contributed by atoms with Gasteiger partial charge < -0.3 is 5.32 Å². The quantitative estimate of drug-likeness (QED) is 0.593. The molecule has 6 nitrogen and oxygen atoms in total. The van der Waals surface area contributed by atoms with Crippen molar-refractivity contribution in [1.82, 2.24) is 24.9 Å². The van der Waals surface area contributed by atoms with E-state index in [0.29, 0.717) is 36.0 Å². The summed E-state index contributed by atoms with van der Waals surface area (Å²) in [6.07, 6.45) is 2.02. The normalized spacial score (nSPS) is 11.1. The summed E-state index contributed by atoms with van der Waals surface area (Å²) < 4.78 is 3.69. The first-order valence-corrected chi connectivity index (χ1v) is 10.4. The number of rotatable bonds is 8. The first-order chi connectivity index (χ1) is 13.9. The van der Waals surface area contributed by atoms with Crippen molar-refractivity contribution in [2.24, 2.45) is 0 Å². The molecule has 0 spiro atoms. The molecule has 2 heterocycles. The van der Waals surface area contributed by atoms with Crippen LogP contribution in [0.15, 0.2) is 30.3 Å². The van der Waals surface area contributed by atoms with Crippen LogP contribution in [0.1, 0.15) is 58.3 Å². The van der Waals surface area contributed by atoms with Gasteiger partial charge in [-0.15, -0.1) is 0 Å². The topological polar surface area (TPSA) is 64.7 Å². The van der Waals surface area contributed by atoms with E-state index in [4.69, 9.17) is 11.6 Å². The molecule has 0 saturated carbocycles. The number of hydrogen-bond donors (Lipinski definition) is 1. The number of nitrogens with one attached hydrogen (secondary N) is 1. The molecule has 154 valence electrons. The van der Waals surface area contributed by atoms with E-state index in [9.17, 15) is 4.79 Å². The van der Waals surface area contributed by atoms with Gasteiger partial charge in [0, 0.05) is 24.3 Å². The van der Waals surface area contributed by atoms with Crippen LogP contribution >= 0.6 is 11.6 Å². The summed E-state index contributed by atoms with van der Waals surface area (Å²) in [5.74, 6) is -0.204. The third-order valence-electron chi connectivity index (χ3n) is 5.15. The molecule has 29 heavy (non-hydrogen) atoms. The number of carbonyl (C=O) groups excluding carboxylic acids is 1. The third-order valence-corrected chi connectivity index (χ3v) is 5.53. The summed E-state index contributed by atoms with van der Waals surface area (Å²) in [7, 11) is 0. The molecule has 0 saturated heterocycles. The Morgan fingerprint density at radius 3 is 2.45 bits per heavy atom. The molecular weight excluding hydrogens is 386 g/mol. The van der Waals surface area contributed by atoms with E-state index >= 15 is 0 Å². The summed E-state index contributed by atoms with van der Waals surface area (Å²) in [6, 6.07) is 10.2. The highest BCUT2D eigenvalue weighted by atomic mass is 35.5. The lowest BCUT2D eigenvalue weighted by atomic mass is 10.1. The van der Waals surface area contributed by atoms with Gasteiger partial charge >= 0.3 is 0 Å². The maximum Gasteiger partial charge on any atom is 0.256 e. The Bertz CT molecular complexity index is 991. The Morgan fingerprint density at radius 1 is 1.07 bits per heavy atom. The molecule has 7 heteroatoms. The fourth-order valence-corrected chi connectivity index (χ4v) is 3.77. The number of unbranched alkanes of at least 4 members (excludes halogenated alkanes) is 1. The van der Waals surface area contributed by atoms with Crippen LogP contribution in [0, 0.1) is 20.8 Å².